The highest BCUT2D eigenvalue weighted by Gasteiger charge is 2.38. The van der Waals surface area contributed by atoms with E-state index in [0.29, 0.717) is 36.4 Å². The largest absolute Gasteiger partial charge is 0.493 e. The van der Waals surface area contributed by atoms with Crippen LogP contribution in [0.1, 0.15) is 59.6 Å². The first-order chi connectivity index (χ1) is 15.6. The molecule has 6 nitrogen and oxygen atoms in total. The van der Waals surface area contributed by atoms with Gasteiger partial charge in [0.1, 0.15) is 0 Å². The summed E-state index contributed by atoms with van der Waals surface area (Å²) in [5.74, 6) is 1.52. The Morgan fingerprint density at radius 1 is 0.969 bits per heavy atom. The summed E-state index contributed by atoms with van der Waals surface area (Å²) in [7, 11) is 3.23. The lowest BCUT2D eigenvalue weighted by Crippen LogP contribution is -2.37. The SMILES string of the molecule is COc1ccc(CCN2C(=O)c3ccccc3C2CC(=O)N2CCCCCC2)cc1OC. The Morgan fingerprint density at radius 3 is 2.41 bits per heavy atom. The van der Waals surface area contributed by atoms with E-state index in [9.17, 15) is 9.59 Å². The van der Waals surface area contributed by atoms with Crippen molar-refractivity contribution in [1.29, 1.82) is 0 Å². The van der Waals surface area contributed by atoms with Gasteiger partial charge in [-0.1, -0.05) is 37.1 Å². The zero-order valence-electron chi connectivity index (χ0n) is 19.0. The van der Waals surface area contributed by atoms with Crippen LogP contribution in [0.15, 0.2) is 42.5 Å². The molecule has 1 saturated heterocycles. The molecule has 0 aromatic heterocycles. The van der Waals surface area contributed by atoms with Gasteiger partial charge in [-0.05, 0) is 48.6 Å². The molecule has 4 rings (SSSR count). The Kier molecular flexibility index (Phi) is 6.98. The number of hydrogen-bond acceptors (Lipinski definition) is 4. The minimum absolute atomic E-state index is 0.00902. The molecule has 0 saturated carbocycles. The van der Waals surface area contributed by atoms with Crippen molar-refractivity contribution in [2.24, 2.45) is 0 Å². The zero-order valence-corrected chi connectivity index (χ0v) is 19.0. The molecule has 2 aromatic carbocycles. The van der Waals surface area contributed by atoms with E-state index < -0.39 is 0 Å². The van der Waals surface area contributed by atoms with Gasteiger partial charge in [0.25, 0.3) is 5.91 Å². The first-order valence-corrected chi connectivity index (χ1v) is 11.5. The number of rotatable bonds is 7. The molecular formula is C26H32N2O4. The van der Waals surface area contributed by atoms with Crippen LogP contribution in [-0.2, 0) is 11.2 Å². The third kappa shape index (κ3) is 4.59. The molecule has 2 amide bonds. The first-order valence-electron chi connectivity index (χ1n) is 11.5. The number of likely N-dealkylation sites (tertiary alicyclic amines) is 1. The van der Waals surface area contributed by atoms with Gasteiger partial charge < -0.3 is 19.3 Å². The van der Waals surface area contributed by atoms with Gasteiger partial charge in [0.15, 0.2) is 11.5 Å². The number of benzene rings is 2. The van der Waals surface area contributed by atoms with Crippen LogP contribution in [0.4, 0.5) is 0 Å². The molecule has 0 spiro atoms. The summed E-state index contributed by atoms with van der Waals surface area (Å²) >= 11 is 0. The topological polar surface area (TPSA) is 59.1 Å². The van der Waals surface area contributed by atoms with E-state index in [0.717, 1.165) is 37.1 Å². The second kappa shape index (κ2) is 10.1. The fraction of sp³-hybridized carbons (Fsp3) is 0.462. The highest BCUT2D eigenvalue weighted by Crippen LogP contribution is 2.37. The van der Waals surface area contributed by atoms with Gasteiger partial charge in [0.2, 0.25) is 5.91 Å². The lowest BCUT2D eigenvalue weighted by atomic mass is 10.0. The van der Waals surface area contributed by atoms with Gasteiger partial charge in [-0.25, -0.2) is 0 Å². The minimum Gasteiger partial charge on any atom is -0.493 e. The predicted octanol–water partition coefficient (Wildman–Crippen LogP) is 4.24. The first kappa shape index (κ1) is 22.2. The maximum Gasteiger partial charge on any atom is 0.254 e. The molecule has 0 aliphatic carbocycles. The second-order valence-corrected chi connectivity index (χ2v) is 8.54. The van der Waals surface area contributed by atoms with Crippen LogP contribution in [0, 0.1) is 0 Å². The molecule has 0 bridgehead atoms. The second-order valence-electron chi connectivity index (χ2n) is 8.54. The maximum absolute atomic E-state index is 13.2. The molecule has 1 unspecified atom stereocenters. The molecule has 0 N–H and O–H groups in total. The summed E-state index contributed by atoms with van der Waals surface area (Å²) in [4.78, 5) is 30.2. The summed E-state index contributed by atoms with van der Waals surface area (Å²) < 4.78 is 10.7. The standard InChI is InChI=1S/C26H32N2O4/c1-31-23-12-11-19(17-24(23)32-2)13-16-28-22(20-9-5-6-10-21(20)26(28)30)18-25(29)27-14-7-3-4-8-15-27/h5-6,9-12,17,22H,3-4,7-8,13-16,18H2,1-2H3. The van der Waals surface area contributed by atoms with Crippen LogP contribution in [0.5, 0.6) is 11.5 Å². The highest BCUT2D eigenvalue weighted by molar-refractivity contribution is 5.99. The molecule has 2 aromatic rings. The third-order valence-electron chi connectivity index (χ3n) is 6.60. The van der Waals surface area contributed by atoms with Crippen LogP contribution in [0.25, 0.3) is 0 Å². The summed E-state index contributed by atoms with van der Waals surface area (Å²) in [6.45, 7) is 2.19. The molecule has 0 radical (unpaired) electrons. The van der Waals surface area contributed by atoms with Crippen molar-refractivity contribution in [3.8, 4) is 11.5 Å². The molecule has 1 fully saturated rings. The van der Waals surface area contributed by atoms with E-state index in [2.05, 4.69) is 0 Å². The molecule has 2 heterocycles. The van der Waals surface area contributed by atoms with E-state index in [1.165, 1.54) is 12.8 Å². The van der Waals surface area contributed by atoms with E-state index in [4.69, 9.17) is 9.47 Å². The van der Waals surface area contributed by atoms with Gasteiger partial charge in [-0.15, -0.1) is 0 Å². The molecular weight excluding hydrogens is 404 g/mol. The van der Waals surface area contributed by atoms with Crippen LogP contribution < -0.4 is 9.47 Å². The smallest absolute Gasteiger partial charge is 0.254 e. The van der Waals surface area contributed by atoms with Gasteiger partial charge >= 0.3 is 0 Å². The van der Waals surface area contributed by atoms with Crippen LogP contribution in [0.3, 0.4) is 0 Å². The number of methoxy groups -OCH3 is 2. The lowest BCUT2D eigenvalue weighted by Gasteiger charge is -2.28. The summed E-state index contributed by atoms with van der Waals surface area (Å²) in [5, 5.41) is 0. The number of carbonyl (C=O) groups excluding carboxylic acids is 2. The average molecular weight is 437 g/mol. The summed E-state index contributed by atoms with van der Waals surface area (Å²) in [6.07, 6.45) is 5.52. The van der Waals surface area contributed by atoms with Crippen molar-refractivity contribution in [3.05, 3.63) is 59.2 Å². The van der Waals surface area contributed by atoms with Crippen molar-refractivity contribution in [2.45, 2.75) is 44.6 Å². The quantitative estimate of drug-likeness (QED) is 0.652. The zero-order chi connectivity index (χ0) is 22.5. The Bertz CT molecular complexity index is 966. The lowest BCUT2D eigenvalue weighted by molar-refractivity contribution is -0.132. The summed E-state index contributed by atoms with van der Waals surface area (Å²) in [6, 6.07) is 13.3. The molecule has 1 atom stereocenters. The van der Waals surface area contributed by atoms with Gasteiger partial charge in [0, 0.05) is 25.2 Å². The van der Waals surface area contributed by atoms with Crippen LogP contribution >= 0.6 is 0 Å². The number of amides is 2. The monoisotopic (exact) mass is 436 g/mol. The van der Waals surface area contributed by atoms with E-state index in [1.54, 1.807) is 14.2 Å². The number of nitrogens with zero attached hydrogens (tertiary/aromatic N) is 2. The Morgan fingerprint density at radius 2 is 1.69 bits per heavy atom. The van der Waals surface area contributed by atoms with E-state index in [-0.39, 0.29) is 17.9 Å². The minimum atomic E-state index is -0.213. The molecule has 170 valence electrons. The van der Waals surface area contributed by atoms with Gasteiger partial charge in [-0.3, -0.25) is 9.59 Å². The van der Waals surface area contributed by atoms with Crippen molar-refractivity contribution < 1.29 is 19.1 Å². The van der Waals surface area contributed by atoms with Crippen molar-refractivity contribution in [1.82, 2.24) is 9.80 Å². The summed E-state index contributed by atoms with van der Waals surface area (Å²) in [5.41, 5.74) is 2.74. The Labute approximate surface area is 190 Å². The fourth-order valence-electron chi connectivity index (χ4n) is 4.82. The van der Waals surface area contributed by atoms with Gasteiger partial charge in [0.05, 0.1) is 26.7 Å². The molecule has 2 aliphatic rings. The van der Waals surface area contributed by atoms with Crippen molar-refractivity contribution in [2.75, 3.05) is 33.9 Å². The number of fused-ring (bicyclic) bond motifs is 1. The highest BCUT2D eigenvalue weighted by atomic mass is 16.5. The van der Waals surface area contributed by atoms with Crippen LogP contribution in [0.2, 0.25) is 0 Å². The fourth-order valence-corrected chi connectivity index (χ4v) is 4.82. The van der Waals surface area contributed by atoms with Crippen molar-refractivity contribution >= 4 is 11.8 Å². The Balaban J connectivity index is 1.52. The number of hydrogen-bond donors (Lipinski definition) is 0. The number of ether oxygens (including phenoxy) is 2. The average Bonchev–Trinajstić information content (AvgIpc) is 2.99. The molecule has 2 aliphatic heterocycles. The molecule has 32 heavy (non-hydrogen) atoms. The van der Waals surface area contributed by atoms with E-state index >= 15 is 0 Å². The van der Waals surface area contributed by atoms with Crippen molar-refractivity contribution in [3.63, 3.8) is 0 Å². The third-order valence-corrected chi connectivity index (χ3v) is 6.60. The number of carbonyl (C=O) groups is 2. The Hall–Kier alpha value is -3.02. The predicted molar refractivity (Wildman–Crippen MR) is 123 cm³/mol. The molecule has 6 heteroatoms. The normalized spacial score (nSPS) is 18.3. The maximum atomic E-state index is 13.2. The van der Waals surface area contributed by atoms with Crippen LogP contribution in [-0.4, -0.2) is 55.5 Å². The van der Waals surface area contributed by atoms with Gasteiger partial charge in [-0.2, -0.15) is 0 Å². The van der Waals surface area contributed by atoms with E-state index in [1.807, 2.05) is 52.3 Å².